The molecular weight excluding hydrogens is 323 g/mol. The van der Waals surface area contributed by atoms with Gasteiger partial charge >= 0.3 is 6.18 Å². The fourth-order valence-electron chi connectivity index (χ4n) is 1.47. The van der Waals surface area contributed by atoms with Crippen molar-refractivity contribution in [2.24, 2.45) is 0 Å². The lowest BCUT2D eigenvalue weighted by molar-refractivity contribution is -0.141. The van der Waals surface area contributed by atoms with Crippen LogP contribution in [0.25, 0.3) is 11.3 Å². The standard InChI is InChI=1S/C12H9BrF3N3/c1-17-11-18-9(6-10(19-11)12(14,15)16)7-2-4-8(13)5-3-7/h2-6H,1H3,(H,17,18,19). The fourth-order valence-corrected chi connectivity index (χ4v) is 1.74. The van der Waals surface area contributed by atoms with Crippen LogP contribution < -0.4 is 5.32 Å². The van der Waals surface area contributed by atoms with E-state index in [1.807, 2.05) is 0 Å². The molecule has 1 aromatic heterocycles. The van der Waals surface area contributed by atoms with E-state index in [-0.39, 0.29) is 11.6 Å². The highest BCUT2D eigenvalue weighted by Crippen LogP contribution is 2.31. The van der Waals surface area contributed by atoms with Gasteiger partial charge in [-0.2, -0.15) is 13.2 Å². The summed E-state index contributed by atoms with van der Waals surface area (Å²) in [6.07, 6.45) is -4.50. The number of rotatable bonds is 2. The first-order valence-corrected chi connectivity index (χ1v) is 6.09. The number of nitrogens with zero attached hydrogens (tertiary/aromatic N) is 2. The van der Waals surface area contributed by atoms with E-state index in [0.717, 1.165) is 10.5 Å². The van der Waals surface area contributed by atoms with Crippen LogP contribution in [0.15, 0.2) is 34.8 Å². The number of anilines is 1. The molecule has 0 spiro atoms. The summed E-state index contributed by atoms with van der Waals surface area (Å²) < 4.78 is 39.1. The lowest BCUT2D eigenvalue weighted by Gasteiger charge is -2.10. The maximum Gasteiger partial charge on any atom is 0.433 e. The molecule has 0 fully saturated rings. The van der Waals surface area contributed by atoms with E-state index in [1.54, 1.807) is 24.3 Å². The molecule has 0 saturated carbocycles. The number of aromatic nitrogens is 2. The van der Waals surface area contributed by atoms with Crippen molar-refractivity contribution >= 4 is 21.9 Å². The molecule has 1 heterocycles. The molecule has 0 unspecified atom stereocenters. The zero-order valence-corrected chi connectivity index (χ0v) is 11.4. The Hall–Kier alpha value is -1.63. The van der Waals surface area contributed by atoms with Crippen molar-refractivity contribution in [3.05, 3.63) is 40.5 Å². The van der Waals surface area contributed by atoms with Crippen molar-refractivity contribution in [3.63, 3.8) is 0 Å². The van der Waals surface area contributed by atoms with Gasteiger partial charge in [-0.15, -0.1) is 0 Å². The predicted octanol–water partition coefficient (Wildman–Crippen LogP) is 3.97. The molecule has 19 heavy (non-hydrogen) atoms. The Morgan fingerprint density at radius 1 is 1.11 bits per heavy atom. The van der Waals surface area contributed by atoms with Gasteiger partial charge in [0.25, 0.3) is 0 Å². The SMILES string of the molecule is CNc1nc(-c2ccc(Br)cc2)cc(C(F)(F)F)n1. The molecule has 0 aliphatic rings. The Morgan fingerprint density at radius 2 is 1.74 bits per heavy atom. The molecule has 3 nitrogen and oxygen atoms in total. The van der Waals surface area contributed by atoms with E-state index < -0.39 is 11.9 Å². The minimum atomic E-state index is -4.50. The van der Waals surface area contributed by atoms with Crippen LogP contribution in [0, 0.1) is 0 Å². The van der Waals surface area contributed by atoms with Gasteiger partial charge < -0.3 is 5.32 Å². The second-order valence-corrected chi connectivity index (χ2v) is 4.63. The number of halogens is 4. The monoisotopic (exact) mass is 331 g/mol. The molecule has 2 rings (SSSR count). The highest BCUT2D eigenvalue weighted by Gasteiger charge is 2.33. The Bertz CT molecular complexity index is 582. The molecule has 100 valence electrons. The van der Waals surface area contributed by atoms with Gasteiger partial charge in [-0.3, -0.25) is 0 Å². The summed E-state index contributed by atoms with van der Waals surface area (Å²) in [6, 6.07) is 7.79. The fraction of sp³-hybridized carbons (Fsp3) is 0.167. The molecule has 0 saturated heterocycles. The lowest BCUT2D eigenvalue weighted by atomic mass is 10.1. The first-order valence-electron chi connectivity index (χ1n) is 5.30. The van der Waals surface area contributed by atoms with Crippen molar-refractivity contribution in [2.45, 2.75) is 6.18 Å². The summed E-state index contributed by atoms with van der Waals surface area (Å²) in [7, 11) is 1.47. The maximum atomic E-state index is 12.7. The van der Waals surface area contributed by atoms with Crippen molar-refractivity contribution in [1.82, 2.24) is 9.97 Å². The maximum absolute atomic E-state index is 12.7. The average Bonchev–Trinajstić information content (AvgIpc) is 2.38. The third-order valence-electron chi connectivity index (χ3n) is 2.38. The Kier molecular flexibility index (Phi) is 3.75. The summed E-state index contributed by atoms with van der Waals surface area (Å²) in [4.78, 5) is 7.44. The minimum absolute atomic E-state index is 0.0623. The van der Waals surface area contributed by atoms with Crippen LogP contribution in [-0.4, -0.2) is 17.0 Å². The van der Waals surface area contributed by atoms with Gasteiger partial charge in [-0.1, -0.05) is 28.1 Å². The van der Waals surface area contributed by atoms with Gasteiger partial charge in [-0.25, -0.2) is 9.97 Å². The van der Waals surface area contributed by atoms with Gasteiger partial charge in [0.05, 0.1) is 5.69 Å². The highest BCUT2D eigenvalue weighted by molar-refractivity contribution is 9.10. The molecule has 7 heteroatoms. The normalized spacial score (nSPS) is 11.4. The van der Waals surface area contributed by atoms with E-state index >= 15 is 0 Å². The lowest BCUT2D eigenvalue weighted by Crippen LogP contribution is -2.11. The molecule has 0 radical (unpaired) electrons. The van der Waals surface area contributed by atoms with E-state index in [0.29, 0.717) is 5.56 Å². The van der Waals surface area contributed by atoms with Gasteiger partial charge in [0.2, 0.25) is 5.95 Å². The number of hydrogen-bond acceptors (Lipinski definition) is 3. The van der Waals surface area contributed by atoms with Crippen molar-refractivity contribution in [2.75, 3.05) is 12.4 Å². The van der Waals surface area contributed by atoms with Crippen molar-refractivity contribution in [1.29, 1.82) is 0 Å². The third-order valence-corrected chi connectivity index (χ3v) is 2.91. The molecule has 0 atom stereocenters. The average molecular weight is 332 g/mol. The molecule has 1 aromatic carbocycles. The topological polar surface area (TPSA) is 37.8 Å². The van der Waals surface area contributed by atoms with Gasteiger partial charge in [0, 0.05) is 17.1 Å². The van der Waals surface area contributed by atoms with E-state index in [9.17, 15) is 13.2 Å². The summed E-state index contributed by atoms with van der Waals surface area (Å²) in [6.45, 7) is 0. The first-order chi connectivity index (χ1) is 8.90. The summed E-state index contributed by atoms with van der Waals surface area (Å²) in [5.41, 5.74) is -0.156. The highest BCUT2D eigenvalue weighted by atomic mass is 79.9. The molecule has 0 amide bonds. The molecule has 0 aliphatic carbocycles. The van der Waals surface area contributed by atoms with E-state index in [2.05, 4.69) is 31.2 Å². The summed E-state index contributed by atoms with van der Waals surface area (Å²) in [5.74, 6) is -0.0623. The Balaban J connectivity index is 2.54. The van der Waals surface area contributed by atoms with E-state index in [1.165, 1.54) is 7.05 Å². The smallest absolute Gasteiger partial charge is 0.357 e. The van der Waals surface area contributed by atoms with Gasteiger partial charge in [0.15, 0.2) is 5.69 Å². The van der Waals surface area contributed by atoms with Crippen LogP contribution in [0.4, 0.5) is 19.1 Å². The number of nitrogens with one attached hydrogen (secondary N) is 1. The zero-order chi connectivity index (χ0) is 14.0. The molecule has 0 aliphatic heterocycles. The number of alkyl halides is 3. The van der Waals surface area contributed by atoms with Crippen LogP contribution in [0.5, 0.6) is 0 Å². The second-order valence-electron chi connectivity index (χ2n) is 3.72. The molecule has 2 aromatic rings. The molecule has 1 N–H and O–H groups in total. The predicted molar refractivity (Wildman–Crippen MR) is 69.7 cm³/mol. The summed E-state index contributed by atoms with van der Waals surface area (Å²) >= 11 is 3.27. The molecule has 0 bridgehead atoms. The largest absolute Gasteiger partial charge is 0.433 e. The Labute approximate surface area is 116 Å². The van der Waals surface area contributed by atoms with Crippen molar-refractivity contribution < 1.29 is 13.2 Å². The van der Waals surface area contributed by atoms with E-state index in [4.69, 9.17) is 0 Å². The first kappa shape index (κ1) is 13.8. The van der Waals surface area contributed by atoms with Crippen LogP contribution >= 0.6 is 15.9 Å². The third kappa shape index (κ3) is 3.23. The van der Waals surface area contributed by atoms with Crippen molar-refractivity contribution in [3.8, 4) is 11.3 Å². The van der Waals surface area contributed by atoms with Gasteiger partial charge in [0.1, 0.15) is 0 Å². The van der Waals surface area contributed by atoms with Crippen LogP contribution in [0.3, 0.4) is 0 Å². The zero-order valence-electron chi connectivity index (χ0n) is 9.79. The number of benzene rings is 1. The summed E-state index contributed by atoms with van der Waals surface area (Å²) in [5, 5.41) is 2.53. The molecular formula is C12H9BrF3N3. The quantitative estimate of drug-likeness (QED) is 0.904. The van der Waals surface area contributed by atoms with Crippen LogP contribution in [-0.2, 0) is 6.18 Å². The van der Waals surface area contributed by atoms with Gasteiger partial charge in [-0.05, 0) is 18.2 Å². The van der Waals surface area contributed by atoms with Crippen LogP contribution in [0.1, 0.15) is 5.69 Å². The number of hydrogen-bond donors (Lipinski definition) is 1. The minimum Gasteiger partial charge on any atom is -0.357 e. The Morgan fingerprint density at radius 3 is 2.26 bits per heavy atom. The van der Waals surface area contributed by atoms with Crippen LogP contribution in [0.2, 0.25) is 0 Å². The second kappa shape index (κ2) is 5.16.